The predicted molar refractivity (Wildman–Crippen MR) is 77.8 cm³/mol. The average molecular weight is 268 g/mol. The molecular weight excluding hydrogens is 247 g/mol. The van der Waals surface area contributed by atoms with Gasteiger partial charge < -0.3 is 10.6 Å². The van der Waals surface area contributed by atoms with E-state index in [1.165, 1.54) is 6.07 Å². The van der Waals surface area contributed by atoms with E-state index in [0.717, 1.165) is 24.4 Å². The summed E-state index contributed by atoms with van der Waals surface area (Å²) in [4.78, 5) is 2.14. The summed E-state index contributed by atoms with van der Waals surface area (Å²) >= 11 is 1.94. The Morgan fingerprint density at radius 1 is 1.44 bits per heavy atom. The quantitative estimate of drug-likeness (QED) is 0.893. The van der Waals surface area contributed by atoms with Crippen LogP contribution in [0.1, 0.15) is 32.4 Å². The molecule has 1 aromatic rings. The van der Waals surface area contributed by atoms with Crippen molar-refractivity contribution in [3.05, 3.63) is 29.6 Å². The van der Waals surface area contributed by atoms with Crippen molar-refractivity contribution in [1.29, 1.82) is 0 Å². The monoisotopic (exact) mass is 268 g/mol. The van der Waals surface area contributed by atoms with Crippen LogP contribution in [-0.4, -0.2) is 23.6 Å². The topological polar surface area (TPSA) is 29.3 Å². The minimum atomic E-state index is -0.160. The number of nitrogens with zero attached hydrogens (tertiary/aromatic N) is 1. The van der Waals surface area contributed by atoms with Crippen molar-refractivity contribution < 1.29 is 4.39 Å². The third-order valence-electron chi connectivity index (χ3n) is 3.25. The zero-order chi connectivity index (χ0) is 13.3. The number of thioether (sulfide) groups is 1. The molecule has 1 fully saturated rings. The van der Waals surface area contributed by atoms with E-state index in [0.29, 0.717) is 5.69 Å². The number of hydrogen-bond acceptors (Lipinski definition) is 3. The number of halogens is 1. The van der Waals surface area contributed by atoms with Gasteiger partial charge in [0.25, 0.3) is 0 Å². The van der Waals surface area contributed by atoms with Crippen molar-refractivity contribution >= 4 is 17.4 Å². The van der Waals surface area contributed by atoms with Gasteiger partial charge in [0, 0.05) is 29.6 Å². The van der Waals surface area contributed by atoms with Crippen LogP contribution in [0.5, 0.6) is 0 Å². The van der Waals surface area contributed by atoms with E-state index in [9.17, 15) is 4.39 Å². The van der Waals surface area contributed by atoms with Crippen LogP contribution < -0.4 is 10.6 Å². The normalized spacial score (nSPS) is 20.8. The van der Waals surface area contributed by atoms with Gasteiger partial charge in [-0.15, -0.1) is 0 Å². The molecule has 0 radical (unpaired) electrons. The first-order chi connectivity index (χ1) is 8.41. The van der Waals surface area contributed by atoms with Crippen LogP contribution >= 0.6 is 11.8 Å². The molecule has 1 atom stereocenters. The fraction of sp³-hybridized carbons (Fsp3) is 0.571. The smallest absolute Gasteiger partial charge is 0.146 e. The molecule has 2 N–H and O–H groups in total. The Hall–Kier alpha value is -0.740. The van der Waals surface area contributed by atoms with Crippen molar-refractivity contribution in [2.24, 2.45) is 5.73 Å². The highest BCUT2D eigenvalue weighted by molar-refractivity contribution is 8.00. The highest BCUT2D eigenvalue weighted by Crippen LogP contribution is 2.36. The van der Waals surface area contributed by atoms with Crippen molar-refractivity contribution in [2.45, 2.75) is 31.6 Å². The summed E-state index contributed by atoms with van der Waals surface area (Å²) in [5.74, 6) is 0.868. The molecule has 2 nitrogen and oxygen atoms in total. The van der Waals surface area contributed by atoms with E-state index < -0.39 is 0 Å². The first-order valence-corrected chi connectivity index (χ1v) is 7.32. The van der Waals surface area contributed by atoms with E-state index in [1.54, 1.807) is 6.07 Å². The lowest BCUT2D eigenvalue weighted by Gasteiger charge is -2.40. The van der Waals surface area contributed by atoms with Crippen LogP contribution in [0.3, 0.4) is 0 Å². The van der Waals surface area contributed by atoms with Gasteiger partial charge in [-0.05, 0) is 32.4 Å². The molecular formula is C14H21FN2S. The maximum Gasteiger partial charge on any atom is 0.146 e. The van der Waals surface area contributed by atoms with E-state index in [2.05, 4.69) is 18.7 Å². The third kappa shape index (κ3) is 2.81. The van der Waals surface area contributed by atoms with Crippen molar-refractivity contribution in [1.82, 2.24) is 0 Å². The molecule has 1 heterocycles. The average Bonchev–Trinajstić information content (AvgIpc) is 2.27. The molecule has 18 heavy (non-hydrogen) atoms. The van der Waals surface area contributed by atoms with E-state index in [-0.39, 0.29) is 16.6 Å². The summed E-state index contributed by atoms with van der Waals surface area (Å²) < 4.78 is 14.3. The van der Waals surface area contributed by atoms with Gasteiger partial charge >= 0.3 is 0 Å². The fourth-order valence-corrected chi connectivity index (χ4v) is 3.55. The molecule has 1 aromatic carbocycles. The van der Waals surface area contributed by atoms with Crippen molar-refractivity contribution in [2.75, 3.05) is 23.7 Å². The Kier molecular flexibility index (Phi) is 3.87. The Balaban J connectivity index is 2.38. The first kappa shape index (κ1) is 13.7. The molecule has 100 valence electrons. The molecule has 4 heteroatoms. The first-order valence-electron chi connectivity index (χ1n) is 6.33. The summed E-state index contributed by atoms with van der Waals surface area (Å²) in [6.07, 6.45) is 0. The SMILES string of the molecule is C[C@H](N)c1cccc(F)c1N1CCSC(C)(C)C1. The summed E-state index contributed by atoms with van der Waals surface area (Å²) in [5.41, 5.74) is 7.56. The van der Waals surface area contributed by atoms with Gasteiger partial charge in [0.1, 0.15) is 5.82 Å². The van der Waals surface area contributed by atoms with Crippen LogP contribution in [-0.2, 0) is 0 Å². The Morgan fingerprint density at radius 2 is 2.17 bits per heavy atom. The molecule has 2 rings (SSSR count). The summed E-state index contributed by atoms with van der Waals surface area (Å²) in [6, 6.07) is 5.04. The van der Waals surface area contributed by atoms with E-state index >= 15 is 0 Å². The minimum Gasteiger partial charge on any atom is -0.367 e. The lowest BCUT2D eigenvalue weighted by molar-refractivity contribution is 0.590. The van der Waals surface area contributed by atoms with Crippen molar-refractivity contribution in [3.63, 3.8) is 0 Å². The maximum atomic E-state index is 14.1. The zero-order valence-corrected chi connectivity index (χ0v) is 12.1. The van der Waals surface area contributed by atoms with Crippen LogP contribution in [0.2, 0.25) is 0 Å². The fourth-order valence-electron chi connectivity index (χ4n) is 2.44. The van der Waals surface area contributed by atoms with Crippen LogP contribution in [0.15, 0.2) is 18.2 Å². The Bertz CT molecular complexity index is 432. The van der Waals surface area contributed by atoms with Gasteiger partial charge in [0.2, 0.25) is 0 Å². The number of hydrogen-bond donors (Lipinski definition) is 1. The highest BCUT2D eigenvalue weighted by atomic mass is 32.2. The summed E-state index contributed by atoms with van der Waals surface area (Å²) in [7, 11) is 0. The van der Waals surface area contributed by atoms with E-state index in [1.807, 2.05) is 24.8 Å². The number of para-hydroxylation sites is 1. The van der Waals surface area contributed by atoms with Gasteiger partial charge in [-0.2, -0.15) is 11.8 Å². The lowest BCUT2D eigenvalue weighted by atomic mass is 10.0. The molecule has 1 aliphatic heterocycles. The molecule has 1 saturated heterocycles. The predicted octanol–water partition coefficient (Wildman–Crippen LogP) is 3.18. The van der Waals surface area contributed by atoms with Crippen molar-refractivity contribution in [3.8, 4) is 0 Å². The summed E-state index contributed by atoms with van der Waals surface area (Å²) in [5, 5.41) is 0. The van der Waals surface area contributed by atoms with Gasteiger partial charge in [0.15, 0.2) is 0 Å². The van der Waals surface area contributed by atoms with Crippen LogP contribution in [0.4, 0.5) is 10.1 Å². The molecule has 0 amide bonds. The standard InChI is InChI=1S/C14H21FN2S/c1-10(16)11-5-4-6-12(15)13(11)17-7-8-18-14(2,3)9-17/h4-6,10H,7-9,16H2,1-3H3/t10-/m0/s1. The molecule has 0 unspecified atom stereocenters. The maximum absolute atomic E-state index is 14.1. The molecule has 0 bridgehead atoms. The van der Waals surface area contributed by atoms with Crippen LogP contribution in [0.25, 0.3) is 0 Å². The van der Waals surface area contributed by atoms with Crippen LogP contribution in [0, 0.1) is 5.82 Å². The van der Waals surface area contributed by atoms with Gasteiger partial charge in [-0.25, -0.2) is 4.39 Å². The molecule has 0 saturated carbocycles. The van der Waals surface area contributed by atoms with Gasteiger partial charge in [0.05, 0.1) is 5.69 Å². The second-order valence-corrected chi connectivity index (χ2v) is 7.30. The molecule has 1 aliphatic rings. The highest BCUT2D eigenvalue weighted by Gasteiger charge is 2.29. The number of nitrogens with two attached hydrogens (primary N) is 1. The molecule has 0 aromatic heterocycles. The Labute approximate surface area is 113 Å². The zero-order valence-electron chi connectivity index (χ0n) is 11.2. The largest absolute Gasteiger partial charge is 0.367 e. The summed E-state index contributed by atoms with van der Waals surface area (Å²) in [6.45, 7) is 8.06. The second-order valence-electron chi connectivity index (χ2n) is 5.50. The minimum absolute atomic E-state index is 0.145. The van der Waals surface area contributed by atoms with E-state index in [4.69, 9.17) is 5.73 Å². The Morgan fingerprint density at radius 3 is 2.78 bits per heavy atom. The molecule has 0 aliphatic carbocycles. The number of benzene rings is 1. The third-order valence-corrected chi connectivity index (χ3v) is 4.55. The molecule has 0 spiro atoms. The van der Waals surface area contributed by atoms with Gasteiger partial charge in [-0.3, -0.25) is 0 Å². The number of rotatable bonds is 2. The number of anilines is 1. The lowest BCUT2D eigenvalue weighted by Crippen LogP contribution is -2.44. The second kappa shape index (κ2) is 5.10. The van der Waals surface area contributed by atoms with Gasteiger partial charge in [-0.1, -0.05) is 12.1 Å².